The van der Waals surface area contributed by atoms with E-state index in [1.165, 1.54) is 48.2 Å². The van der Waals surface area contributed by atoms with E-state index in [4.69, 9.17) is 32.9 Å². The fraction of sp³-hybridized carbons (Fsp3) is 0.282. The molecule has 0 bridgehead atoms. The minimum Gasteiger partial charge on any atom is -0.858 e. The molecule has 1 unspecified atom stereocenters. The second-order valence-electron chi connectivity index (χ2n) is 13.6. The maximum Gasteiger partial charge on any atom is 0.173 e. The molecule has 1 aliphatic rings. The highest BCUT2D eigenvalue weighted by molar-refractivity contribution is 7.98. The van der Waals surface area contributed by atoms with Crippen molar-refractivity contribution in [3.63, 3.8) is 0 Å². The van der Waals surface area contributed by atoms with Crippen LogP contribution in [0.25, 0.3) is 5.69 Å². The van der Waals surface area contributed by atoms with Gasteiger partial charge in [0, 0.05) is 39.4 Å². The van der Waals surface area contributed by atoms with E-state index in [9.17, 15) is 13.9 Å². The van der Waals surface area contributed by atoms with E-state index in [2.05, 4.69) is 12.0 Å². The summed E-state index contributed by atoms with van der Waals surface area (Å²) in [7, 11) is 3.65. The number of benzene rings is 4. The van der Waals surface area contributed by atoms with Crippen LogP contribution in [0.2, 0.25) is 10.0 Å². The summed E-state index contributed by atoms with van der Waals surface area (Å²) in [5.74, 6) is -1.15. The Labute approximate surface area is 310 Å². The molecule has 6 nitrogen and oxygen atoms in total. The smallest absolute Gasteiger partial charge is 0.173 e. The average molecular weight is 754 g/mol. The minimum atomic E-state index is -0.620. The number of quaternary nitrogens is 1. The number of imidazole rings is 1. The molecule has 0 saturated carbocycles. The van der Waals surface area contributed by atoms with Gasteiger partial charge in [-0.2, -0.15) is 0 Å². The Bertz CT molecular complexity index is 2050. The van der Waals surface area contributed by atoms with E-state index in [0.717, 1.165) is 23.4 Å². The Hall–Kier alpha value is -3.96. The van der Waals surface area contributed by atoms with E-state index in [1.54, 1.807) is 43.6 Å². The Kier molecular flexibility index (Phi) is 10.8. The van der Waals surface area contributed by atoms with Gasteiger partial charge in [0.1, 0.15) is 42.3 Å². The van der Waals surface area contributed by atoms with E-state index >= 15 is 4.39 Å². The van der Waals surface area contributed by atoms with Crippen LogP contribution in [0.5, 0.6) is 5.75 Å². The molecular weight excluding hydrogens is 716 g/mol. The Morgan fingerprint density at radius 3 is 2.35 bits per heavy atom. The number of ether oxygens (including phenoxy) is 1. The number of methoxy groups -OCH3 is 1. The third-order valence-corrected chi connectivity index (χ3v) is 11.1. The van der Waals surface area contributed by atoms with Gasteiger partial charge < -0.3 is 14.3 Å². The van der Waals surface area contributed by atoms with Crippen LogP contribution >= 0.6 is 35.0 Å². The molecule has 1 fully saturated rings. The first kappa shape index (κ1) is 36.8. The SMILES string of the molecule is COc1cc(C(C)(C)c2cnc(SCc3c(F)cc(C([O-])=N[C@H]4CC[N+](C)(Cc5ccc(F)cc5)C4)cc3Cl)n2-c2ccc(F)cc2)ccc1Cl. The summed E-state index contributed by atoms with van der Waals surface area (Å²) in [5.41, 5.74) is 3.10. The molecule has 0 radical (unpaired) electrons. The number of rotatable bonds is 11. The number of hydrogen-bond donors (Lipinski definition) is 0. The van der Waals surface area contributed by atoms with E-state index < -0.39 is 17.1 Å². The van der Waals surface area contributed by atoms with Gasteiger partial charge in [0.25, 0.3) is 0 Å². The summed E-state index contributed by atoms with van der Waals surface area (Å²) < 4.78 is 51.0. The highest BCUT2D eigenvalue weighted by Crippen LogP contribution is 2.40. The van der Waals surface area contributed by atoms with Gasteiger partial charge in [0.05, 0.1) is 37.6 Å². The van der Waals surface area contributed by atoms with Crippen molar-refractivity contribution in [3.05, 3.63) is 141 Å². The number of hydrogen-bond acceptors (Lipinski definition) is 5. The number of thioether (sulfide) groups is 1. The number of nitrogens with zero attached hydrogens (tertiary/aromatic N) is 4. The van der Waals surface area contributed by atoms with Gasteiger partial charge in [0.2, 0.25) is 0 Å². The summed E-state index contributed by atoms with van der Waals surface area (Å²) in [6.07, 6.45) is 2.46. The molecule has 1 saturated heterocycles. The molecule has 6 rings (SSSR count). The zero-order chi connectivity index (χ0) is 36.5. The summed E-state index contributed by atoms with van der Waals surface area (Å²) >= 11 is 14.2. The number of aromatic nitrogens is 2. The molecule has 0 N–H and O–H groups in total. The number of likely N-dealkylation sites (N-methyl/N-ethyl adjacent to an activating group) is 1. The van der Waals surface area contributed by atoms with Crippen LogP contribution in [0.3, 0.4) is 0 Å². The first-order valence-electron chi connectivity index (χ1n) is 16.4. The second-order valence-corrected chi connectivity index (χ2v) is 15.4. The summed E-state index contributed by atoms with van der Waals surface area (Å²) in [6, 6.07) is 20.5. The van der Waals surface area contributed by atoms with Gasteiger partial charge in [0.15, 0.2) is 5.16 Å². The molecule has 12 heteroatoms. The molecule has 0 aliphatic carbocycles. The summed E-state index contributed by atoms with van der Waals surface area (Å²) in [6.45, 7) is 6.22. The lowest BCUT2D eigenvalue weighted by Gasteiger charge is -2.29. The Morgan fingerprint density at radius 1 is 1.00 bits per heavy atom. The van der Waals surface area contributed by atoms with Crippen LogP contribution in [-0.4, -0.2) is 53.2 Å². The van der Waals surface area contributed by atoms with Crippen molar-refractivity contribution in [2.45, 2.75) is 49.2 Å². The monoisotopic (exact) mass is 752 g/mol. The number of aliphatic imine (C=N–C) groups is 1. The van der Waals surface area contributed by atoms with Crippen molar-refractivity contribution in [2.24, 2.45) is 4.99 Å². The first-order valence-corrected chi connectivity index (χ1v) is 18.1. The third kappa shape index (κ3) is 8.09. The summed E-state index contributed by atoms with van der Waals surface area (Å²) in [4.78, 5) is 9.13. The van der Waals surface area contributed by atoms with Gasteiger partial charge in [-0.3, -0.25) is 9.56 Å². The highest BCUT2D eigenvalue weighted by atomic mass is 35.5. The lowest BCUT2D eigenvalue weighted by atomic mass is 9.81. The molecule has 2 atom stereocenters. The predicted molar refractivity (Wildman–Crippen MR) is 196 cm³/mol. The van der Waals surface area contributed by atoms with Crippen molar-refractivity contribution in [3.8, 4) is 11.4 Å². The van der Waals surface area contributed by atoms with Crippen molar-refractivity contribution >= 4 is 40.9 Å². The van der Waals surface area contributed by atoms with E-state index in [0.29, 0.717) is 45.6 Å². The topological polar surface area (TPSA) is 62.5 Å². The van der Waals surface area contributed by atoms with Gasteiger partial charge in [-0.1, -0.05) is 67.0 Å². The molecule has 5 aromatic rings. The van der Waals surface area contributed by atoms with Crippen molar-refractivity contribution < 1.29 is 27.5 Å². The van der Waals surface area contributed by atoms with Crippen LogP contribution in [0, 0.1) is 17.5 Å². The molecule has 1 aromatic heterocycles. The Morgan fingerprint density at radius 2 is 1.69 bits per heavy atom. The third-order valence-electron chi connectivity index (χ3n) is 9.49. The standard InChI is InChI=1S/C39H37Cl2F3N4O2S/c1-39(2,26-7-14-32(40)35(19-26)50-4)36-20-45-38(47(36)30-12-10-28(43)11-13-30)51-23-31-33(41)17-25(18-34(31)44)37(49)46-29-15-16-48(3,22-29)21-24-5-8-27(42)9-6-24/h5-14,17-20,29H,15-16,21-23H2,1-4H3/t29-,48?/m0/s1. The molecule has 0 spiro atoms. The molecule has 4 aromatic carbocycles. The number of halogens is 5. The van der Waals surface area contributed by atoms with Crippen molar-refractivity contribution in [2.75, 3.05) is 27.2 Å². The zero-order valence-corrected chi connectivity index (χ0v) is 30.9. The Balaban J connectivity index is 1.22. The van der Waals surface area contributed by atoms with Crippen LogP contribution < -0.4 is 9.84 Å². The van der Waals surface area contributed by atoms with Gasteiger partial charge >= 0.3 is 0 Å². The minimum absolute atomic E-state index is 0.0844. The van der Waals surface area contributed by atoms with Crippen LogP contribution in [0.4, 0.5) is 13.2 Å². The van der Waals surface area contributed by atoms with Crippen molar-refractivity contribution in [1.82, 2.24) is 9.55 Å². The predicted octanol–water partition coefficient (Wildman–Crippen LogP) is 8.75. The fourth-order valence-electron chi connectivity index (χ4n) is 6.59. The van der Waals surface area contributed by atoms with Gasteiger partial charge in [-0.15, -0.1) is 0 Å². The summed E-state index contributed by atoms with van der Waals surface area (Å²) in [5, 5.41) is 14.3. The van der Waals surface area contributed by atoms with Crippen LogP contribution in [0.15, 0.2) is 95.2 Å². The molecular formula is C39H37Cl2F3N4O2S. The lowest BCUT2D eigenvalue weighted by molar-refractivity contribution is -0.911. The van der Waals surface area contributed by atoms with Gasteiger partial charge in [-0.25, -0.2) is 18.2 Å². The average Bonchev–Trinajstić information content (AvgIpc) is 3.69. The molecule has 266 valence electrons. The maximum absolute atomic E-state index is 15.7. The highest BCUT2D eigenvalue weighted by Gasteiger charge is 2.34. The molecule has 1 aliphatic heterocycles. The van der Waals surface area contributed by atoms with Crippen molar-refractivity contribution in [1.29, 1.82) is 0 Å². The van der Waals surface area contributed by atoms with E-state index in [1.807, 2.05) is 30.5 Å². The normalized spacial score (nSPS) is 18.0. The quantitative estimate of drug-likeness (QED) is 0.0586. The number of likely N-dealkylation sites (tertiary alicyclic amines) is 1. The first-order chi connectivity index (χ1) is 24.3. The molecule has 2 heterocycles. The fourth-order valence-corrected chi connectivity index (χ4v) is 8.16. The van der Waals surface area contributed by atoms with Gasteiger partial charge in [-0.05, 0) is 77.7 Å². The molecule has 0 amide bonds. The van der Waals surface area contributed by atoms with Crippen LogP contribution in [-0.2, 0) is 17.7 Å². The van der Waals surface area contributed by atoms with Crippen LogP contribution in [0.1, 0.15) is 48.2 Å². The second kappa shape index (κ2) is 14.9. The maximum atomic E-state index is 15.7. The van der Waals surface area contributed by atoms with E-state index in [-0.39, 0.29) is 39.6 Å². The largest absolute Gasteiger partial charge is 0.858 e. The zero-order valence-electron chi connectivity index (χ0n) is 28.6. The molecule has 51 heavy (non-hydrogen) atoms. The lowest BCUT2D eigenvalue weighted by Crippen LogP contribution is -2.41.